The van der Waals surface area contributed by atoms with Crippen LogP contribution in [-0.2, 0) is 10.0 Å². The van der Waals surface area contributed by atoms with Crippen molar-refractivity contribution in [3.8, 4) is 0 Å². The highest BCUT2D eigenvalue weighted by molar-refractivity contribution is 6.63. The smallest absolute Gasteiger partial charge is 0.220 e. The molecule has 1 aromatic heterocycles. The maximum Gasteiger partial charge on any atom is 0.220 e. The first-order valence-corrected chi connectivity index (χ1v) is 4.45. The number of amides is 1. The Labute approximate surface area is 78.6 Å². The Kier molecular flexibility index (Phi) is 1.68. The second kappa shape index (κ2) is 2.62. The highest BCUT2D eigenvalue weighted by Crippen LogP contribution is 2.32. The number of fused-ring (bicyclic) bond motifs is 1. The molecule has 0 aliphatic carbocycles. The van der Waals surface area contributed by atoms with Crippen LogP contribution in [-0.4, -0.2) is 26.0 Å². The number of hydrogen-bond acceptors (Lipinski definition) is 2. The third-order valence-electron chi connectivity index (χ3n) is 2.84. The second-order valence-electron chi connectivity index (χ2n) is 3.54. The van der Waals surface area contributed by atoms with Gasteiger partial charge in [0.05, 0.1) is 0 Å². The van der Waals surface area contributed by atoms with Gasteiger partial charge in [0.1, 0.15) is 20.9 Å². The molecule has 5 heteroatoms. The van der Waals surface area contributed by atoms with Crippen LogP contribution in [0.1, 0.15) is 5.56 Å². The van der Waals surface area contributed by atoms with Crippen molar-refractivity contribution in [3.05, 3.63) is 23.9 Å². The van der Waals surface area contributed by atoms with E-state index in [1.165, 1.54) is 0 Å². The number of carbonyl (C=O) groups is 1. The third kappa shape index (κ3) is 0.996. The second-order valence-corrected chi connectivity index (χ2v) is 3.54. The number of anilines is 1. The summed E-state index contributed by atoms with van der Waals surface area (Å²) < 4.78 is 0. The number of nitrogens with zero attached hydrogens (tertiary/aromatic N) is 1. The molecule has 1 N–H and O–H groups in total. The molecule has 13 heavy (non-hydrogen) atoms. The van der Waals surface area contributed by atoms with Gasteiger partial charge in [-0.25, -0.2) is 4.98 Å². The SMILES string of the molecule is BC1(BC)C(=O)Nc2ncccc21. The van der Waals surface area contributed by atoms with Crippen LogP contribution in [0.2, 0.25) is 6.82 Å². The van der Waals surface area contributed by atoms with Crippen LogP contribution in [0.15, 0.2) is 18.3 Å². The number of pyridine rings is 1. The van der Waals surface area contributed by atoms with Gasteiger partial charge in [-0.15, -0.1) is 0 Å². The van der Waals surface area contributed by atoms with Crippen molar-refractivity contribution in [2.45, 2.75) is 12.0 Å². The van der Waals surface area contributed by atoms with Crippen molar-refractivity contribution in [2.24, 2.45) is 0 Å². The Hall–Kier alpha value is -1.25. The molecule has 0 aromatic carbocycles. The van der Waals surface area contributed by atoms with Gasteiger partial charge in [-0.3, -0.25) is 4.79 Å². The van der Waals surface area contributed by atoms with Gasteiger partial charge in [0.25, 0.3) is 0 Å². The molecule has 0 saturated carbocycles. The quantitative estimate of drug-likeness (QED) is 0.569. The third-order valence-corrected chi connectivity index (χ3v) is 2.84. The van der Waals surface area contributed by atoms with E-state index in [1.807, 2.05) is 26.8 Å². The number of rotatable bonds is 1. The highest BCUT2D eigenvalue weighted by atomic mass is 16.2. The molecule has 1 aliphatic rings. The van der Waals surface area contributed by atoms with Crippen molar-refractivity contribution >= 4 is 26.9 Å². The molecule has 0 spiro atoms. The molecule has 0 bridgehead atoms. The minimum atomic E-state index is -0.385. The van der Waals surface area contributed by atoms with E-state index in [9.17, 15) is 4.79 Å². The lowest BCUT2D eigenvalue weighted by atomic mass is 9.41. The molecule has 0 fully saturated rings. The Bertz CT molecular complexity index is 369. The minimum Gasteiger partial charge on any atom is -0.311 e. The maximum absolute atomic E-state index is 11.6. The summed E-state index contributed by atoms with van der Waals surface area (Å²) >= 11 is 0. The average Bonchev–Trinajstić information content (AvgIpc) is 2.41. The lowest BCUT2D eigenvalue weighted by Crippen LogP contribution is -2.39. The summed E-state index contributed by atoms with van der Waals surface area (Å²) in [5.74, 6) is 0.778. The summed E-state index contributed by atoms with van der Waals surface area (Å²) in [6, 6.07) is 3.83. The van der Waals surface area contributed by atoms with Crippen LogP contribution < -0.4 is 5.32 Å². The average molecular weight is 172 g/mol. The molecule has 0 radical (unpaired) electrons. The molecule has 1 aromatic rings. The fraction of sp³-hybridized carbons (Fsp3) is 0.250. The minimum absolute atomic E-state index is 0.0590. The van der Waals surface area contributed by atoms with Crippen molar-refractivity contribution in [1.29, 1.82) is 0 Å². The lowest BCUT2D eigenvalue weighted by molar-refractivity contribution is -0.116. The van der Waals surface area contributed by atoms with Crippen LogP contribution in [0, 0.1) is 0 Å². The number of aromatic nitrogens is 1. The largest absolute Gasteiger partial charge is 0.311 e. The topological polar surface area (TPSA) is 42.0 Å². The Balaban J connectivity index is 2.59. The molecular weight excluding hydrogens is 162 g/mol. The Morgan fingerprint density at radius 3 is 3.15 bits per heavy atom. The molecule has 1 aliphatic heterocycles. The standard InChI is InChI=1S/C8H10B2N2O/c1-10-8(9)5-3-2-4-11-6(5)12-7(8)13/h2-4,10H,9H2,1H3,(H,11,12,13). The Morgan fingerprint density at radius 2 is 2.46 bits per heavy atom. The summed E-state index contributed by atoms with van der Waals surface area (Å²) in [7, 11) is 2.76. The van der Waals surface area contributed by atoms with Gasteiger partial charge in [-0.2, -0.15) is 0 Å². The zero-order valence-corrected chi connectivity index (χ0v) is 7.79. The van der Waals surface area contributed by atoms with E-state index in [1.54, 1.807) is 6.20 Å². The van der Waals surface area contributed by atoms with Gasteiger partial charge in [-0.05, 0) is 11.6 Å². The predicted octanol–water partition coefficient (Wildman–Crippen LogP) is -0.696. The molecule has 1 atom stereocenters. The molecule has 64 valence electrons. The van der Waals surface area contributed by atoms with Crippen molar-refractivity contribution in [1.82, 2.24) is 4.98 Å². The monoisotopic (exact) mass is 172 g/mol. The van der Waals surface area contributed by atoms with E-state index in [0.29, 0.717) is 0 Å². The first-order valence-electron chi connectivity index (χ1n) is 4.45. The van der Waals surface area contributed by atoms with Crippen molar-refractivity contribution in [3.63, 3.8) is 0 Å². The summed E-state index contributed by atoms with van der Waals surface area (Å²) in [6.07, 6.45) is 1.69. The molecule has 3 nitrogen and oxygen atoms in total. The van der Waals surface area contributed by atoms with Crippen LogP contribution in [0.3, 0.4) is 0 Å². The zero-order valence-electron chi connectivity index (χ0n) is 7.79. The van der Waals surface area contributed by atoms with Gasteiger partial charge < -0.3 is 5.32 Å². The van der Waals surface area contributed by atoms with E-state index in [4.69, 9.17) is 0 Å². The number of hydrogen-bond donors (Lipinski definition) is 1. The van der Waals surface area contributed by atoms with Crippen LogP contribution in [0.4, 0.5) is 5.82 Å². The van der Waals surface area contributed by atoms with E-state index in [-0.39, 0.29) is 11.1 Å². The highest BCUT2D eigenvalue weighted by Gasteiger charge is 2.41. The Morgan fingerprint density at radius 1 is 1.69 bits per heavy atom. The van der Waals surface area contributed by atoms with E-state index in [2.05, 4.69) is 10.3 Å². The fourth-order valence-electron chi connectivity index (χ4n) is 1.67. The molecule has 1 unspecified atom stereocenters. The zero-order chi connectivity index (χ0) is 9.47. The molecule has 0 saturated heterocycles. The molecular formula is C8H10B2N2O. The summed E-state index contributed by atoms with van der Waals surface area (Å²) in [6.45, 7) is 2.02. The summed E-state index contributed by atoms with van der Waals surface area (Å²) in [4.78, 5) is 15.8. The van der Waals surface area contributed by atoms with Crippen molar-refractivity contribution in [2.75, 3.05) is 5.32 Å². The van der Waals surface area contributed by atoms with Crippen LogP contribution in [0.5, 0.6) is 0 Å². The van der Waals surface area contributed by atoms with Crippen LogP contribution >= 0.6 is 0 Å². The summed E-state index contributed by atoms with van der Waals surface area (Å²) in [5.41, 5.74) is 1.02. The van der Waals surface area contributed by atoms with Gasteiger partial charge in [0.2, 0.25) is 5.91 Å². The number of carbonyl (C=O) groups excluding carboxylic acids is 1. The van der Waals surface area contributed by atoms with Crippen molar-refractivity contribution < 1.29 is 4.79 Å². The molecule has 1 amide bonds. The van der Waals surface area contributed by atoms with Gasteiger partial charge in [0.15, 0.2) is 0 Å². The molecule has 2 heterocycles. The van der Waals surface area contributed by atoms with Gasteiger partial charge in [0, 0.05) is 11.4 Å². The van der Waals surface area contributed by atoms with E-state index >= 15 is 0 Å². The van der Waals surface area contributed by atoms with E-state index < -0.39 is 0 Å². The molecule has 2 rings (SSSR count). The van der Waals surface area contributed by atoms with Gasteiger partial charge >= 0.3 is 0 Å². The van der Waals surface area contributed by atoms with E-state index in [0.717, 1.165) is 18.7 Å². The normalized spacial score (nSPS) is 25.2. The number of nitrogens with one attached hydrogen (secondary N) is 1. The fourth-order valence-corrected chi connectivity index (χ4v) is 1.67. The maximum atomic E-state index is 11.6. The predicted molar refractivity (Wildman–Crippen MR) is 56.1 cm³/mol. The first kappa shape index (κ1) is 8.35. The summed E-state index contributed by atoms with van der Waals surface area (Å²) in [5, 5.41) is 2.40. The van der Waals surface area contributed by atoms with Gasteiger partial charge in [-0.1, -0.05) is 12.9 Å². The first-order chi connectivity index (χ1) is 6.18. The lowest BCUT2D eigenvalue weighted by Gasteiger charge is -2.17. The van der Waals surface area contributed by atoms with Crippen LogP contribution in [0.25, 0.3) is 0 Å².